The van der Waals surface area contributed by atoms with E-state index in [0.717, 1.165) is 103 Å². The van der Waals surface area contributed by atoms with Crippen molar-refractivity contribution >= 4 is 7.82 Å². The fraction of sp³-hybridized carbons (Fsp3) is 1.00. The molecule has 0 N–H and O–H groups in total. The summed E-state index contributed by atoms with van der Waals surface area (Å²) in [5, 5.41) is 0. The van der Waals surface area contributed by atoms with E-state index in [1.807, 2.05) is 0 Å². The van der Waals surface area contributed by atoms with E-state index in [9.17, 15) is 13.3 Å². The third-order valence-corrected chi connectivity index (χ3v) is 13.9. The molecule has 45 heavy (non-hydrogen) atoms. The molecule has 2 aliphatic heterocycles. The van der Waals surface area contributed by atoms with Crippen LogP contribution in [0.25, 0.3) is 0 Å². The number of ether oxygens (including phenoxy) is 2. The summed E-state index contributed by atoms with van der Waals surface area (Å²) in [6.07, 6.45) is 14.8. The van der Waals surface area contributed by atoms with Crippen molar-refractivity contribution in [3.63, 3.8) is 0 Å². The number of alkyl halides is 2. The first-order valence-corrected chi connectivity index (χ1v) is 20.0. The molecule has 0 bridgehead atoms. The molecule has 0 aromatic carbocycles. The quantitative estimate of drug-likeness (QED) is 0.246. The minimum Gasteiger partial charge on any atom is -0.362 e. The summed E-state index contributed by atoms with van der Waals surface area (Å²) in [4.78, 5) is 4.81. The molecule has 11 heteroatoms. The lowest BCUT2D eigenvalue weighted by atomic mass is 9.82. The van der Waals surface area contributed by atoms with Gasteiger partial charge in [0.1, 0.15) is 12.3 Å². The summed E-state index contributed by atoms with van der Waals surface area (Å²) in [5.74, 6) is 0.606. The first-order valence-electron chi connectivity index (χ1n) is 18.5. The van der Waals surface area contributed by atoms with Gasteiger partial charge >= 0.3 is 7.82 Å². The molecule has 258 valence electrons. The summed E-state index contributed by atoms with van der Waals surface area (Å²) in [6.45, 7) is 3.11. The fourth-order valence-electron chi connectivity index (χ4n) is 9.59. The van der Waals surface area contributed by atoms with E-state index < -0.39 is 20.2 Å². The third-order valence-electron chi connectivity index (χ3n) is 12.2. The van der Waals surface area contributed by atoms with E-state index in [2.05, 4.69) is 9.80 Å². The van der Waals surface area contributed by atoms with Gasteiger partial charge < -0.3 is 9.47 Å². The average molecular weight is 659 g/mol. The van der Waals surface area contributed by atoms with Crippen LogP contribution in [-0.4, -0.2) is 91.3 Å². The lowest BCUT2D eigenvalue weighted by molar-refractivity contribution is -0.152. The summed E-state index contributed by atoms with van der Waals surface area (Å²) in [7, 11) is -3.81. The second-order valence-electron chi connectivity index (χ2n) is 15.4. The molecular weight excluding hydrogens is 601 g/mol. The van der Waals surface area contributed by atoms with E-state index in [-0.39, 0.29) is 30.5 Å². The molecule has 5 aliphatic carbocycles. The molecule has 0 aromatic heterocycles. The fourth-order valence-corrected chi connectivity index (χ4v) is 11.4. The van der Waals surface area contributed by atoms with E-state index in [1.54, 1.807) is 0 Å². The Hall–Kier alpha value is -0.190. The van der Waals surface area contributed by atoms with E-state index in [1.165, 1.54) is 6.42 Å². The number of nitrogens with zero attached hydrogens (tertiary/aromatic N) is 2. The molecule has 0 radical (unpaired) electrons. The number of halogens is 2. The Kier molecular flexibility index (Phi) is 11.2. The second-order valence-corrected chi connectivity index (χ2v) is 17.0. The lowest BCUT2D eigenvalue weighted by Crippen LogP contribution is -2.53. The van der Waals surface area contributed by atoms with Gasteiger partial charge in [-0.05, 0) is 103 Å². The molecule has 2 heterocycles. The molecule has 0 amide bonds. The number of phosphoric ester groups is 1. The number of hydrogen-bond acceptors (Lipinski definition) is 8. The predicted octanol–water partition coefficient (Wildman–Crippen LogP) is 7.69. The smallest absolute Gasteiger partial charge is 0.362 e. The Bertz CT molecular complexity index is 928. The minimum absolute atomic E-state index is 0.0875. The summed E-state index contributed by atoms with van der Waals surface area (Å²) < 4.78 is 74.2. The van der Waals surface area contributed by atoms with Gasteiger partial charge in [-0.25, -0.2) is 13.3 Å². The van der Waals surface area contributed by atoms with Gasteiger partial charge in [0.2, 0.25) is 0 Å². The SMILES string of the molecule is O=P(OC1CCCCC1)(OC1CCC2OCN(C3CCC(F)CC3)CC2C1)OC1CCC2OCN(C3CCC(F)CC3)CC2C1. The Labute approximate surface area is 269 Å². The van der Waals surface area contributed by atoms with Gasteiger partial charge in [0.05, 0.1) is 44.0 Å². The molecule has 0 aromatic rings. The van der Waals surface area contributed by atoms with Crippen LogP contribution in [0, 0.1) is 11.8 Å². The monoisotopic (exact) mass is 658 g/mol. The molecule has 7 aliphatic rings. The highest BCUT2D eigenvalue weighted by molar-refractivity contribution is 7.48. The van der Waals surface area contributed by atoms with Crippen molar-refractivity contribution in [2.75, 3.05) is 26.6 Å². The first-order chi connectivity index (χ1) is 21.9. The van der Waals surface area contributed by atoms with Crippen LogP contribution in [0.4, 0.5) is 8.78 Å². The van der Waals surface area contributed by atoms with Crippen LogP contribution in [0.2, 0.25) is 0 Å². The topological polar surface area (TPSA) is 69.7 Å². The zero-order valence-electron chi connectivity index (χ0n) is 27.2. The van der Waals surface area contributed by atoms with Gasteiger partial charge in [-0.15, -0.1) is 0 Å². The van der Waals surface area contributed by atoms with Crippen molar-refractivity contribution in [1.82, 2.24) is 9.80 Å². The van der Waals surface area contributed by atoms with Crippen molar-refractivity contribution in [3.05, 3.63) is 0 Å². The third kappa shape index (κ3) is 8.52. The normalized spacial score (nSPS) is 44.0. The minimum atomic E-state index is -3.81. The number of rotatable bonds is 8. The van der Waals surface area contributed by atoms with E-state index >= 15 is 0 Å². The van der Waals surface area contributed by atoms with Gasteiger partial charge in [0.25, 0.3) is 0 Å². The van der Waals surface area contributed by atoms with Crippen LogP contribution in [0.5, 0.6) is 0 Å². The lowest BCUT2D eigenvalue weighted by Gasteiger charge is -2.47. The molecule has 8 nitrogen and oxygen atoms in total. The molecule has 5 saturated carbocycles. The Balaban J connectivity index is 0.974. The second kappa shape index (κ2) is 15.1. The summed E-state index contributed by atoms with van der Waals surface area (Å²) in [6, 6.07) is 0.772. The standard InChI is InChI=1S/C34H57F2N2O6P/c35-26-6-10-28(11-7-26)37-20-24-18-31(14-16-33(24)40-22-37)43-45(39,42-30-4-2-1-3-5-30)44-32-15-17-34-25(19-32)21-38(23-41-34)29-12-8-27(36)9-13-29/h24-34H,1-23H2. The average Bonchev–Trinajstić information content (AvgIpc) is 3.05. The largest absolute Gasteiger partial charge is 0.475 e. The van der Waals surface area contributed by atoms with Gasteiger partial charge in [-0.3, -0.25) is 23.4 Å². The maximum atomic E-state index is 14.6. The van der Waals surface area contributed by atoms with Gasteiger partial charge in [0, 0.05) is 37.0 Å². The Morgan fingerprint density at radius 3 is 1.44 bits per heavy atom. The van der Waals surface area contributed by atoms with Crippen LogP contribution in [0.1, 0.15) is 122 Å². The summed E-state index contributed by atoms with van der Waals surface area (Å²) in [5.41, 5.74) is 0. The van der Waals surface area contributed by atoms with Crippen molar-refractivity contribution in [2.24, 2.45) is 11.8 Å². The number of phosphoric acid groups is 1. The van der Waals surface area contributed by atoms with E-state index in [4.69, 9.17) is 23.0 Å². The molecule has 7 fully saturated rings. The Morgan fingerprint density at radius 2 is 0.978 bits per heavy atom. The first kappa shape index (κ1) is 33.3. The molecule has 6 atom stereocenters. The van der Waals surface area contributed by atoms with Crippen LogP contribution >= 0.6 is 7.82 Å². The molecule has 0 spiro atoms. The number of fused-ring (bicyclic) bond motifs is 2. The maximum Gasteiger partial charge on any atom is 0.475 e. The maximum absolute atomic E-state index is 14.6. The van der Waals surface area contributed by atoms with Crippen molar-refractivity contribution in [3.8, 4) is 0 Å². The van der Waals surface area contributed by atoms with Crippen LogP contribution in [-0.2, 0) is 27.6 Å². The van der Waals surface area contributed by atoms with Gasteiger partial charge in [0.15, 0.2) is 0 Å². The highest BCUT2D eigenvalue weighted by atomic mass is 31.2. The predicted molar refractivity (Wildman–Crippen MR) is 167 cm³/mol. The van der Waals surface area contributed by atoms with Gasteiger partial charge in [-0.1, -0.05) is 19.3 Å². The zero-order valence-corrected chi connectivity index (χ0v) is 28.1. The molecular formula is C34H57F2N2O6P. The van der Waals surface area contributed by atoms with Crippen LogP contribution in [0.15, 0.2) is 0 Å². The Morgan fingerprint density at radius 1 is 0.533 bits per heavy atom. The van der Waals surface area contributed by atoms with Crippen LogP contribution < -0.4 is 0 Å². The zero-order chi connectivity index (χ0) is 30.8. The number of hydrogen-bond donors (Lipinski definition) is 0. The van der Waals surface area contributed by atoms with Gasteiger partial charge in [-0.2, -0.15) is 0 Å². The van der Waals surface area contributed by atoms with E-state index in [0.29, 0.717) is 63.1 Å². The van der Waals surface area contributed by atoms with Crippen molar-refractivity contribution in [2.45, 2.75) is 177 Å². The summed E-state index contributed by atoms with van der Waals surface area (Å²) >= 11 is 0. The highest BCUT2D eigenvalue weighted by Crippen LogP contribution is 2.57. The highest BCUT2D eigenvalue weighted by Gasteiger charge is 2.46. The molecule has 2 saturated heterocycles. The van der Waals surface area contributed by atoms with Crippen molar-refractivity contribution in [1.29, 1.82) is 0 Å². The molecule has 7 rings (SSSR count). The van der Waals surface area contributed by atoms with Crippen molar-refractivity contribution < 1.29 is 36.4 Å². The molecule has 6 unspecified atom stereocenters. The van der Waals surface area contributed by atoms with Crippen LogP contribution in [0.3, 0.4) is 0 Å².